The first kappa shape index (κ1) is 16.9. The van der Waals surface area contributed by atoms with Crippen LogP contribution in [-0.4, -0.2) is 34.3 Å². The maximum atomic E-state index is 13.2. The van der Waals surface area contributed by atoms with Crippen molar-refractivity contribution in [3.8, 4) is 0 Å². The van der Waals surface area contributed by atoms with Gasteiger partial charge in [-0.25, -0.2) is 4.98 Å². The van der Waals surface area contributed by atoms with E-state index in [-0.39, 0.29) is 11.8 Å². The molecule has 0 aromatic carbocycles. The van der Waals surface area contributed by atoms with Gasteiger partial charge in [-0.3, -0.25) is 19.3 Å². The second-order valence-corrected chi connectivity index (χ2v) is 6.97. The number of hydrogen-bond donors (Lipinski definition) is 1. The SMILES string of the molecule is C[C@@H]1C(=O)NC(=O)C12CCN(c1cc(C(F)(F)F)cc3cncn13)CC2. The number of halogens is 3. The number of imide groups is 1. The van der Waals surface area contributed by atoms with Crippen molar-refractivity contribution in [2.75, 3.05) is 18.0 Å². The van der Waals surface area contributed by atoms with E-state index in [9.17, 15) is 22.8 Å². The van der Waals surface area contributed by atoms with Gasteiger partial charge in [-0.1, -0.05) is 6.92 Å². The molecular weight excluding hydrogens is 349 g/mol. The Bertz CT molecular complexity index is 897. The number of hydrogen-bond acceptors (Lipinski definition) is 4. The number of nitrogens with zero attached hydrogens (tertiary/aromatic N) is 3. The number of rotatable bonds is 1. The van der Waals surface area contributed by atoms with E-state index in [0.717, 1.165) is 12.1 Å². The van der Waals surface area contributed by atoms with Crippen LogP contribution in [0.4, 0.5) is 19.0 Å². The molecule has 2 aliphatic rings. The van der Waals surface area contributed by atoms with Gasteiger partial charge >= 0.3 is 6.18 Å². The Balaban J connectivity index is 1.67. The van der Waals surface area contributed by atoms with E-state index >= 15 is 0 Å². The molecule has 1 N–H and O–H groups in total. The monoisotopic (exact) mass is 366 g/mol. The molecular formula is C17H17F3N4O2. The first-order chi connectivity index (χ1) is 12.2. The minimum atomic E-state index is -4.45. The summed E-state index contributed by atoms with van der Waals surface area (Å²) in [4.78, 5) is 29.8. The predicted molar refractivity (Wildman–Crippen MR) is 86.4 cm³/mol. The van der Waals surface area contributed by atoms with Crippen molar-refractivity contribution in [2.45, 2.75) is 25.9 Å². The Morgan fingerprint density at radius 1 is 1.23 bits per heavy atom. The lowest BCUT2D eigenvalue weighted by Gasteiger charge is -2.40. The topological polar surface area (TPSA) is 66.7 Å². The molecule has 9 heteroatoms. The number of carbonyl (C=O) groups excluding carboxylic acids is 2. The molecule has 2 aromatic heterocycles. The lowest BCUT2D eigenvalue weighted by Crippen LogP contribution is -2.46. The van der Waals surface area contributed by atoms with E-state index < -0.39 is 23.1 Å². The third kappa shape index (κ3) is 2.37. The molecule has 0 saturated carbocycles. The Labute approximate surface area is 147 Å². The highest BCUT2D eigenvalue weighted by Crippen LogP contribution is 2.44. The Morgan fingerprint density at radius 3 is 2.50 bits per heavy atom. The molecule has 6 nitrogen and oxygen atoms in total. The second-order valence-electron chi connectivity index (χ2n) is 6.97. The van der Waals surface area contributed by atoms with Gasteiger partial charge in [0.05, 0.1) is 28.6 Å². The van der Waals surface area contributed by atoms with Crippen LogP contribution in [0.5, 0.6) is 0 Å². The van der Waals surface area contributed by atoms with Crippen LogP contribution in [0, 0.1) is 11.3 Å². The predicted octanol–water partition coefficient (Wildman–Crippen LogP) is 2.23. The molecule has 26 heavy (non-hydrogen) atoms. The van der Waals surface area contributed by atoms with Crippen LogP contribution in [0.2, 0.25) is 0 Å². The average molecular weight is 366 g/mol. The Morgan fingerprint density at radius 2 is 1.92 bits per heavy atom. The highest BCUT2D eigenvalue weighted by molar-refractivity contribution is 6.07. The van der Waals surface area contributed by atoms with Crippen molar-refractivity contribution >= 4 is 23.1 Å². The van der Waals surface area contributed by atoms with E-state index in [4.69, 9.17) is 0 Å². The van der Waals surface area contributed by atoms with Gasteiger partial charge in [-0.05, 0) is 25.0 Å². The van der Waals surface area contributed by atoms with Crippen LogP contribution in [0.3, 0.4) is 0 Å². The molecule has 0 aliphatic carbocycles. The van der Waals surface area contributed by atoms with Gasteiger partial charge in [0.15, 0.2) is 0 Å². The second kappa shape index (κ2) is 5.46. The van der Waals surface area contributed by atoms with Crippen LogP contribution in [0.15, 0.2) is 24.7 Å². The van der Waals surface area contributed by atoms with E-state index in [1.165, 1.54) is 12.5 Å². The largest absolute Gasteiger partial charge is 0.416 e. The van der Waals surface area contributed by atoms with Crippen LogP contribution in [-0.2, 0) is 15.8 Å². The van der Waals surface area contributed by atoms with Crippen molar-refractivity contribution in [3.05, 3.63) is 30.2 Å². The fraction of sp³-hybridized carbons (Fsp3) is 0.471. The van der Waals surface area contributed by atoms with Crippen LogP contribution < -0.4 is 10.2 Å². The molecule has 2 aliphatic heterocycles. The fourth-order valence-corrected chi connectivity index (χ4v) is 4.01. The molecule has 0 unspecified atom stereocenters. The van der Waals surface area contributed by atoms with Crippen molar-refractivity contribution in [1.82, 2.24) is 14.7 Å². The lowest BCUT2D eigenvalue weighted by atomic mass is 9.71. The summed E-state index contributed by atoms with van der Waals surface area (Å²) < 4.78 is 41.3. The van der Waals surface area contributed by atoms with Crippen molar-refractivity contribution in [3.63, 3.8) is 0 Å². The number of pyridine rings is 1. The van der Waals surface area contributed by atoms with Gasteiger partial charge in [0.25, 0.3) is 0 Å². The summed E-state index contributed by atoms with van der Waals surface area (Å²) in [5.41, 5.74) is -1.14. The first-order valence-electron chi connectivity index (χ1n) is 8.36. The zero-order valence-corrected chi connectivity index (χ0v) is 14.0. The normalized spacial score (nSPS) is 23.1. The van der Waals surface area contributed by atoms with E-state index in [2.05, 4.69) is 10.3 Å². The molecule has 4 rings (SSSR count). The standard InChI is InChI=1S/C17H17F3N4O2/c1-10-14(25)22-15(26)16(10)2-4-23(5-3-16)13-7-11(17(18,19)20)6-12-8-21-9-24(12)13/h6-10H,2-5H2,1H3,(H,22,25,26)/t10-/m1/s1. The summed E-state index contributed by atoms with van der Waals surface area (Å²) in [6.45, 7) is 2.51. The molecule has 2 amide bonds. The fourth-order valence-electron chi connectivity index (χ4n) is 4.01. The quantitative estimate of drug-likeness (QED) is 0.786. The number of alkyl halides is 3. The summed E-state index contributed by atoms with van der Waals surface area (Å²) in [5.74, 6) is -0.586. The van der Waals surface area contributed by atoms with E-state index in [1.54, 1.807) is 11.3 Å². The van der Waals surface area contributed by atoms with E-state index in [0.29, 0.717) is 37.3 Å². The number of amides is 2. The summed E-state index contributed by atoms with van der Waals surface area (Å²) >= 11 is 0. The van der Waals surface area contributed by atoms with Crippen molar-refractivity contribution in [1.29, 1.82) is 0 Å². The van der Waals surface area contributed by atoms with Crippen LogP contribution in [0.1, 0.15) is 25.3 Å². The molecule has 0 bridgehead atoms. The van der Waals surface area contributed by atoms with Crippen LogP contribution >= 0.6 is 0 Å². The smallest absolute Gasteiger partial charge is 0.358 e. The highest BCUT2D eigenvalue weighted by atomic mass is 19.4. The number of aromatic nitrogens is 2. The first-order valence-corrected chi connectivity index (χ1v) is 8.36. The minimum absolute atomic E-state index is 0.272. The lowest BCUT2D eigenvalue weighted by molar-refractivity contribution is -0.137. The number of imidazole rings is 1. The summed E-state index contributed by atoms with van der Waals surface area (Å²) in [6.07, 6.45) is -0.765. The molecule has 1 spiro atoms. The van der Waals surface area contributed by atoms with E-state index in [1.807, 2.05) is 4.90 Å². The van der Waals surface area contributed by atoms with Crippen molar-refractivity contribution in [2.24, 2.45) is 11.3 Å². The molecule has 2 fully saturated rings. The number of nitrogens with one attached hydrogen (secondary N) is 1. The summed E-state index contributed by atoms with van der Waals surface area (Å²) in [5, 5.41) is 2.38. The van der Waals surface area contributed by atoms with Crippen LogP contribution in [0.25, 0.3) is 5.52 Å². The van der Waals surface area contributed by atoms with Gasteiger partial charge in [0.2, 0.25) is 11.8 Å². The molecule has 1 atom stereocenters. The van der Waals surface area contributed by atoms with Gasteiger partial charge < -0.3 is 4.90 Å². The van der Waals surface area contributed by atoms with Gasteiger partial charge in [-0.15, -0.1) is 0 Å². The molecule has 4 heterocycles. The Hall–Kier alpha value is -2.58. The summed E-state index contributed by atoms with van der Waals surface area (Å²) in [7, 11) is 0. The maximum absolute atomic E-state index is 13.2. The minimum Gasteiger partial charge on any atom is -0.358 e. The zero-order chi connectivity index (χ0) is 18.7. The summed E-state index contributed by atoms with van der Waals surface area (Å²) in [6, 6.07) is 2.17. The van der Waals surface area contributed by atoms with Gasteiger partial charge in [0, 0.05) is 13.1 Å². The van der Waals surface area contributed by atoms with Gasteiger partial charge in [-0.2, -0.15) is 13.2 Å². The maximum Gasteiger partial charge on any atom is 0.416 e. The average Bonchev–Trinajstić information content (AvgIpc) is 3.14. The molecule has 138 valence electrons. The van der Waals surface area contributed by atoms with Crippen molar-refractivity contribution < 1.29 is 22.8 Å². The number of carbonyl (C=O) groups is 2. The Kier molecular flexibility index (Phi) is 3.54. The molecule has 0 radical (unpaired) electrons. The number of anilines is 1. The molecule has 2 aromatic rings. The third-order valence-electron chi connectivity index (χ3n) is 5.72. The molecule has 2 saturated heterocycles. The zero-order valence-electron chi connectivity index (χ0n) is 14.0. The number of piperidine rings is 1. The number of fused-ring (bicyclic) bond motifs is 1. The third-order valence-corrected chi connectivity index (χ3v) is 5.72. The highest BCUT2D eigenvalue weighted by Gasteiger charge is 2.54. The van der Waals surface area contributed by atoms with Gasteiger partial charge in [0.1, 0.15) is 12.1 Å².